The highest BCUT2D eigenvalue weighted by Gasteiger charge is 2.32. The second-order valence-electron chi connectivity index (χ2n) is 7.43. The molecule has 154 valence electrons. The molecule has 2 atom stereocenters. The van der Waals surface area contributed by atoms with Crippen LogP contribution in [0.3, 0.4) is 0 Å². The molecule has 0 spiro atoms. The standard InChI is InChI=1S/C20H28N2O5S/c1-3-27-19(24)13-7-6-10-22(11-13)12-16(23)21-18-17(20(25)26-2)14-8-4-5-9-15(14)28-18/h13H,3-12H2,1-2H3,(H,21,23)/p+1/t13-/m1/s1. The number of ether oxygens (including phenoxy) is 2. The summed E-state index contributed by atoms with van der Waals surface area (Å²) < 4.78 is 10.1. The van der Waals surface area contributed by atoms with Crippen molar-refractivity contribution in [1.82, 2.24) is 0 Å². The second-order valence-corrected chi connectivity index (χ2v) is 8.53. The lowest BCUT2D eigenvalue weighted by atomic mass is 9.95. The number of anilines is 1. The molecule has 2 aliphatic rings. The number of likely N-dealkylation sites (tertiary alicyclic amines) is 1. The minimum Gasteiger partial charge on any atom is -0.466 e. The molecule has 1 saturated heterocycles. The Morgan fingerprint density at radius 3 is 2.75 bits per heavy atom. The van der Waals surface area contributed by atoms with E-state index < -0.39 is 0 Å². The van der Waals surface area contributed by atoms with E-state index in [0.29, 0.717) is 23.7 Å². The molecule has 0 bridgehead atoms. The third-order valence-electron chi connectivity index (χ3n) is 5.46. The van der Waals surface area contributed by atoms with Crippen LogP contribution in [0.5, 0.6) is 0 Å². The maximum absolute atomic E-state index is 12.7. The van der Waals surface area contributed by atoms with Crippen molar-refractivity contribution >= 4 is 34.2 Å². The first-order valence-electron chi connectivity index (χ1n) is 10.1. The zero-order chi connectivity index (χ0) is 20.1. The molecule has 1 aliphatic heterocycles. The number of esters is 2. The molecule has 3 rings (SSSR count). The van der Waals surface area contributed by atoms with Gasteiger partial charge < -0.3 is 19.7 Å². The highest BCUT2D eigenvalue weighted by atomic mass is 32.1. The number of carbonyl (C=O) groups is 3. The van der Waals surface area contributed by atoms with Crippen molar-refractivity contribution in [2.24, 2.45) is 5.92 Å². The number of nitrogens with one attached hydrogen (secondary N) is 2. The van der Waals surface area contributed by atoms with Crippen molar-refractivity contribution < 1.29 is 28.8 Å². The van der Waals surface area contributed by atoms with Crippen LogP contribution in [0.15, 0.2) is 0 Å². The van der Waals surface area contributed by atoms with Gasteiger partial charge in [-0.05, 0) is 51.0 Å². The van der Waals surface area contributed by atoms with E-state index in [-0.39, 0.29) is 30.3 Å². The highest BCUT2D eigenvalue weighted by molar-refractivity contribution is 7.17. The first-order chi connectivity index (χ1) is 13.5. The molecular formula is C20H29N2O5S+. The minimum atomic E-state index is -0.387. The quantitative estimate of drug-likeness (QED) is 0.690. The molecule has 0 radical (unpaired) electrons. The summed E-state index contributed by atoms with van der Waals surface area (Å²) in [5.41, 5.74) is 1.56. The van der Waals surface area contributed by atoms with Gasteiger partial charge >= 0.3 is 11.9 Å². The molecule has 7 nitrogen and oxygen atoms in total. The van der Waals surface area contributed by atoms with Gasteiger partial charge in [0.1, 0.15) is 10.9 Å². The SMILES string of the molecule is CCOC(=O)[C@@H]1CCC[NH+](CC(=O)Nc2sc3c(c2C(=O)OC)CCCC3)C1. The number of amides is 1. The van der Waals surface area contributed by atoms with Gasteiger partial charge in [-0.3, -0.25) is 9.59 Å². The number of hydrogen-bond donors (Lipinski definition) is 2. The molecule has 2 N–H and O–H groups in total. The third kappa shape index (κ3) is 4.72. The van der Waals surface area contributed by atoms with Crippen LogP contribution in [0.25, 0.3) is 0 Å². The zero-order valence-corrected chi connectivity index (χ0v) is 17.4. The molecule has 2 heterocycles. The van der Waals surface area contributed by atoms with Gasteiger partial charge in [0.05, 0.1) is 32.4 Å². The van der Waals surface area contributed by atoms with Crippen molar-refractivity contribution in [3.63, 3.8) is 0 Å². The van der Waals surface area contributed by atoms with Gasteiger partial charge in [0.25, 0.3) is 5.91 Å². The Kier molecular flexibility index (Phi) is 7.07. The van der Waals surface area contributed by atoms with Gasteiger partial charge in [0.15, 0.2) is 6.54 Å². The maximum Gasteiger partial charge on any atom is 0.341 e. The largest absolute Gasteiger partial charge is 0.466 e. The van der Waals surface area contributed by atoms with Crippen LogP contribution >= 0.6 is 11.3 Å². The lowest BCUT2D eigenvalue weighted by Crippen LogP contribution is -3.14. The van der Waals surface area contributed by atoms with Crippen molar-refractivity contribution in [3.05, 3.63) is 16.0 Å². The molecule has 0 saturated carbocycles. The summed E-state index contributed by atoms with van der Waals surface area (Å²) >= 11 is 1.49. The Hall–Kier alpha value is -1.93. The van der Waals surface area contributed by atoms with Gasteiger partial charge in [-0.25, -0.2) is 4.79 Å². The second kappa shape index (κ2) is 9.52. The zero-order valence-electron chi connectivity index (χ0n) is 16.6. The molecule has 1 aliphatic carbocycles. The van der Waals surface area contributed by atoms with Crippen molar-refractivity contribution in [2.45, 2.75) is 45.4 Å². The topological polar surface area (TPSA) is 86.1 Å². The fourth-order valence-electron chi connectivity index (χ4n) is 4.14. The highest BCUT2D eigenvalue weighted by Crippen LogP contribution is 2.38. The monoisotopic (exact) mass is 409 g/mol. The van der Waals surface area contributed by atoms with E-state index in [9.17, 15) is 14.4 Å². The van der Waals surface area contributed by atoms with Crippen molar-refractivity contribution in [1.29, 1.82) is 0 Å². The Morgan fingerprint density at radius 2 is 2.00 bits per heavy atom. The molecular weight excluding hydrogens is 380 g/mol. The number of thiophene rings is 1. The van der Waals surface area contributed by atoms with Crippen LogP contribution in [0.4, 0.5) is 5.00 Å². The van der Waals surface area contributed by atoms with E-state index in [1.807, 2.05) is 0 Å². The number of methoxy groups -OCH3 is 1. The number of quaternary nitrogens is 1. The molecule has 0 aromatic carbocycles. The van der Waals surface area contributed by atoms with Gasteiger partial charge in [0, 0.05) is 4.88 Å². The number of carbonyl (C=O) groups excluding carboxylic acids is 3. The van der Waals surface area contributed by atoms with E-state index in [1.165, 1.54) is 23.3 Å². The lowest BCUT2D eigenvalue weighted by Gasteiger charge is -2.28. The van der Waals surface area contributed by atoms with Crippen LogP contribution in [0.1, 0.15) is 53.4 Å². The smallest absolute Gasteiger partial charge is 0.341 e. The van der Waals surface area contributed by atoms with Crippen LogP contribution < -0.4 is 10.2 Å². The molecule has 1 aromatic heterocycles. The Balaban J connectivity index is 1.65. The van der Waals surface area contributed by atoms with Gasteiger partial charge in [-0.2, -0.15) is 0 Å². The van der Waals surface area contributed by atoms with E-state index in [2.05, 4.69) is 5.32 Å². The number of piperidine rings is 1. The Labute approximate surface area is 169 Å². The van der Waals surface area contributed by atoms with Gasteiger partial charge in [-0.1, -0.05) is 0 Å². The molecule has 1 unspecified atom stereocenters. The summed E-state index contributed by atoms with van der Waals surface area (Å²) in [7, 11) is 1.37. The minimum absolute atomic E-state index is 0.136. The van der Waals surface area contributed by atoms with Crippen LogP contribution in [-0.4, -0.2) is 51.2 Å². The molecule has 1 amide bonds. The summed E-state index contributed by atoms with van der Waals surface area (Å²) in [6.45, 7) is 3.92. The number of aryl methyl sites for hydroxylation is 1. The third-order valence-corrected chi connectivity index (χ3v) is 6.67. The normalized spacial score (nSPS) is 21.5. The molecule has 28 heavy (non-hydrogen) atoms. The van der Waals surface area contributed by atoms with E-state index >= 15 is 0 Å². The summed E-state index contributed by atoms with van der Waals surface area (Å²) in [5.74, 6) is -0.833. The Morgan fingerprint density at radius 1 is 1.21 bits per heavy atom. The fraction of sp³-hybridized carbons (Fsp3) is 0.650. The van der Waals surface area contributed by atoms with E-state index in [0.717, 1.165) is 55.5 Å². The summed E-state index contributed by atoms with van der Waals surface area (Å²) in [5, 5.41) is 3.54. The molecule has 1 aromatic rings. The average Bonchev–Trinajstić information content (AvgIpc) is 3.05. The predicted octanol–water partition coefficient (Wildman–Crippen LogP) is 1.21. The lowest BCUT2D eigenvalue weighted by molar-refractivity contribution is -0.899. The summed E-state index contributed by atoms with van der Waals surface area (Å²) in [6, 6.07) is 0. The van der Waals surface area contributed by atoms with Gasteiger partial charge in [-0.15, -0.1) is 11.3 Å². The number of hydrogen-bond acceptors (Lipinski definition) is 6. The summed E-state index contributed by atoms with van der Waals surface area (Å²) in [6.07, 6.45) is 5.66. The van der Waals surface area contributed by atoms with E-state index in [4.69, 9.17) is 9.47 Å². The number of rotatable bonds is 6. The Bertz CT molecular complexity index is 745. The van der Waals surface area contributed by atoms with E-state index in [1.54, 1.807) is 6.92 Å². The first-order valence-corrected chi connectivity index (χ1v) is 10.9. The molecule has 8 heteroatoms. The van der Waals surface area contributed by atoms with Gasteiger partial charge in [0.2, 0.25) is 0 Å². The molecule has 1 fully saturated rings. The maximum atomic E-state index is 12.7. The van der Waals surface area contributed by atoms with Crippen LogP contribution in [0.2, 0.25) is 0 Å². The van der Waals surface area contributed by atoms with Crippen molar-refractivity contribution in [2.75, 3.05) is 38.7 Å². The van der Waals surface area contributed by atoms with Crippen LogP contribution in [-0.2, 0) is 31.9 Å². The summed E-state index contributed by atoms with van der Waals surface area (Å²) in [4.78, 5) is 39.2. The first kappa shape index (κ1) is 20.8. The van der Waals surface area contributed by atoms with Crippen LogP contribution in [0, 0.1) is 5.92 Å². The fourth-order valence-corrected chi connectivity index (χ4v) is 5.44. The predicted molar refractivity (Wildman–Crippen MR) is 106 cm³/mol. The number of fused-ring (bicyclic) bond motifs is 1. The average molecular weight is 410 g/mol. The van der Waals surface area contributed by atoms with Crippen molar-refractivity contribution in [3.8, 4) is 0 Å².